The molecule has 3 rings (SSSR count). The van der Waals surface area contributed by atoms with Gasteiger partial charge in [0, 0.05) is 19.0 Å². The third-order valence-corrected chi connectivity index (χ3v) is 4.20. The monoisotopic (exact) mass is 260 g/mol. The Morgan fingerprint density at radius 2 is 2.21 bits per heavy atom. The Bertz CT molecular complexity index is 396. The Kier molecular flexibility index (Phi) is 4.04. The van der Waals surface area contributed by atoms with E-state index in [4.69, 9.17) is 4.74 Å². The Hall–Kier alpha value is -1.06. The molecule has 1 N–H and O–H groups in total. The highest BCUT2D eigenvalue weighted by molar-refractivity contribution is 5.37. The van der Waals surface area contributed by atoms with Crippen LogP contribution in [0.5, 0.6) is 5.75 Å². The number of benzene rings is 1. The van der Waals surface area contributed by atoms with Gasteiger partial charge in [-0.15, -0.1) is 0 Å². The van der Waals surface area contributed by atoms with E-state index in [-0.39, 0.29) is 0 Å². The summed E-state index contributed by atoms with van der Waals surface area (Å²) in [4.78, 5) is 2.58. The molecule has 2 atom stereocenters. The van der Waals surface area contributed by atoms with E-state index in [0.717, 1.165) is 25.3 Å². The second-order valence-corrected chi connectivity index (χ2v) is 5.85. The van der Waals surface area contributed by atoms with Crippen molar-refractivity contribution in [2.75, 3.05) is 26.2 Å². The Morgan fingerprint density at radius 3 is 3.11 bits per heavy atom. The van der Waals surface area contributed by atoms with E-state index in [1.54, 1.807) is 0 Å². The zero-order valence-corrected chi connectivity index (χ0v) is 11.8. The van der Waals surface area contributed by atoms with Crippen molar-refractivity contribution in [2.24, 2.45) is 0 Å². The van der Waals surface area contributed by atoms with Gasteiger partial charge in [0.2, 0.25) is 0 Å². The van der Waals surface area contributed by atoms with Gasteiger partial charge in [0.15, 0.2) is 0 Å². The molecule has 3 heteroatoms. The summed E-state index contributed by atoms with van der Waals surface area (Å²) in [6.45, 7) is 6.87. The lowest BCUT2D eigenvalue weighted by molar-refractivity contribution is 0.140. The number of hydrogen-bond acceptors (Lipinski definition) is 3. The lowest BCUT2D eigenvalue weighted by Gasteiger charge is -2.29. The molecule has 0 bridgehead atoms. The third kappa shape index (κ3) is 3.28. The minimum absolute atomic E-state index is 0.347. The Morgan fingerprint density at radius 1 is 1.32 bits per heavy atom. The van der Waals surface area contributed by atoms with E-state index in [1.165, 1.54) is 31.5 Å². The zero-order chi connectivity index (χ0) is 13.1. The van der Waals surface area contributed by atoms with Crippen molar-refractivity contribution in [1.82, 2.24) is 10.2 Å². The van der Waals surface area contributed by atoms with Crippen molar-refractivity contribution < 1.29 is 4.74 Å². The van der Waals surface area contributed by atoms with Crippen molar-refractivity contribution in [1.29, 1.82) is 0 Å². The van der Waals surface area contributed by atoms with Crippen molar-refractivity contribution >= 4 is 0 Å². The summed E-state index contributed by atoms with van der Waals surface area (Å²) in [6, 6.07) is 9.09. The number of ether oxygens (including phenoxy) is 1. The van der Waals surface area contributed by atoms with Crippen LogP contribution in [0.3, 0.4) is 0 Å². The fourth-order valence-electron chi connectivity index (χ4n) is 3.07. The van der Waals surface area contributed by atoms with Crippen LogP contribution >= 0.6 is 0 Å². The minimum atomic E-state index is 0.347. The van der Waals surface area contributed by atoms with Gasteiger partial charge in [-0.3, -0.25) is 4.90 Å². The van der Waals surface area contributed by atoms with Crippen LogP contribution in [0.1, 0.15) is 25.3 Å². The highest BCUT2D eigenvalue weighted by Crippen LogP contribution is 2.28. The minimum Gasteiger partial charge on any atom is -0.488 e. The van der Waals surface area contributed by atoms with E-state index in [9.17, 15) is 0 Å². The maximum absolute atomic E-state index is 6.05. The summed E-state index contributed by atoms with van der Waals surface area (Å²) >= 11 is 0. The van der Waals surface area contributed by atoms with Gasteiger partial charge >= 0.3 is 0 Å². The third-order valence-electron chi connectivity index (χ3n) is 4.20. The largest absolute Gasteiger partial charge is 0.488 e. The molecule has 0 amide bonds. The summed E-state index contributed by atoms with van der Waals surface area (Å²) in [7, 11) is 0. The van der Waals surface area contributed by atoms with E-state index in [2.05, 4.69) is 41.4 Å². The number of nitrogens with zero attached hydrogens (tertiary/aromatic N) is 1. The standard InChI is InChI=1S/C16H24N2O/c1-13-7-10-18(9-4-8-17-13)12-15-11-14-5-2-3-6-16(14)19-15/h2-3,5-6,13,15,17H,4,7-12H2,1H3. The highest BCUT2D eigenvalue weighted by atomic mass is 16.5. The lowest BCUT2D eigenvalue weighted by Crippen LogP contribution is -2.42. The molecular weight excluding hydrogens is 236 g/mol. The molecule has 1 aromatic rings. The zero-order valence-electron chi connectivity index (χ0n) is 11.8. The number of para-hydroxylation sites is 1. The Balaban J connectivity index is 1.54. The average molecular weight is 260 g/mol. The molecule has 3 nitrogen and oxygen atoms in total. The van der Waals surface area contributed by atoms with Gasteiger partial charge < -0.3 is 10.1 Å². The van der Waals surface area contributed by atoms with Crippen LogP contribution in [-0.4, -0.2) is 43.2 Å². The van der Waals surface area contributed by atoms with Gasteiger partial charge in [0.1, 0.15) is 11.9 Å². The van der Waals surface area contributed by atoms with Crippen molar-refractivity contribution in [3.8, 4) is 5.75 Å². The predicted octanol–water partition coefficient (Wildman–Crippen LogP) is 2.06. The molecule has 1 saturated heterocycles. The molecule has 0 aliphatic carbocycles. The fourth-order valence-corrected chi connectivity index (χ4v) is 3.07. The maximum atomic E-state index is 6.05. The number of rotatable bonds is 2. The molecule has 0 spiro atoms. The smallest absolute Gasteiger partial charge is 0.123 e. The molecule has 2 unspecified atom stereocenters. The summed E-state index contributed by atoms with van der Waals surface area (Å²) in [6.07, 6.45) is 3.89. The second kappa shape index (κ2) is 5.93. The summed E-state index contributed by atoms with van der Waals surface area (Å²) in [5, 5.41) is 3.55. The van der Waals surface area contributed by atoms with Crippen LogP contribution in [0.25, 0.3) is 0 Å². The van der Waals surface area contributed by atoms with Gasteiger partial charge in [0.25, 0.3) is 0 Å². The van der Waals surface area contributed by atoms with Crippen LogP contribution in [0, 0.1) is 0 Å². The first-order chi connectivity index (χ1) is 9.31. The second-order valence-electron chi connectivity index (χ2n) is 5.85. The maximum Gasteiger partial charge on any atom is 0.123 e. The number of fused-ring (bicyclic) bond motifs is 1. The van der Waals surface area contributed by atoms with Gasteiger partial charge in [-0.05, 0) is 51.0 Å². The van der Waals surface area contributed by atoms with E-state index < -0.39 is 0 Å². The first kappa shape index (κ1) is 12.9. The van der Waals surface area contributed by atoms with Crippen molar-refractivity contribution in [3.63, 3.8) is 0 Å². The van der Waals surface area contributed by atoms with Gasteiger partial charge in [-0.2, -0.15) is 0 Å². The van der Waals surface area contributed by atoms with Crippen LogP contribution in [-0.2, 0) is 6.42 Å². The molecule has 0 saturated carbocycles. The molecule has 1 aromatic carbocycles. The van der Waals surface area contributed by atoms with E-state index >= 15 is 0 Å². The van der Waals surface area contributed by atoms with Crippen LogP contribution in [0.2, 0.25) is 0 Å². The molecular formula is C16H24N2O. The topological polar surface area (TPSA) is 24.5 Å². The number of nitrogens with one attached hydrogen (secondary N) is 1. The Labute approximate surface area is 115 Å². The molecule has 0 aromatic heterocycles. The summed E-state index contributed by atoms with van der Waals surface area (Å²) in [5.41, 5.74) is 1.37. The molecule has 19 heavy (non-hydrogen) atoms. The molecule has 2 heterocycles. The first-order valence-corrected chi connectivity index (χ1v) is 7.51. The molecule has 2 aliphatic heterocycles. The fraction of sp³-hybridized carbons (Fsp3) is 0.625. The van der Waals surface area contributed by atoms with E-state index in [0.29, 0.717) is 12.1 Å². The van der Waals surface area contributed by atoms with Crippen LogP contribution < -0.4 is 10.1 Å². The summed E-state index contributed by atoms with van der Waals surface area (Å²) < 4.78 is 6.05. The molecule has 1 fully saturated rings. The van der Waals surface area contributed by atoms with Gasteiger partial charge in [-0.25, -0.2) is 0 Å². The van der Waals surface area contributed by atoms with Crippen LogP contribution in [0.15, 0.2) is 24.3 Å². The quantitative estimate of drug-likeness (QED) is 0.881. The normalized spacial score (nSPS) is 28.3. The van der Waals surface area contributed by atoms with E-state index in [1.807, 2.05) is 0 Å². The first-order valence-electron chi connectivity index (χ1n) is 7.51. The SMILES string of the molecule is CC1CCN(CC2Cc3ccccc3O2)CCCN1. The van der Waals surface area contributed by atoms with Crippen molar-refractivity contribution in [3.05, 3.63) is 29.8 Å². The van der Waals surface area contributed by atoms with Crippen molar-refractivity contribution in [2.45, 2.75) is 38.3 Å². The van der Waals surface area contributed by atoms with Crippen LogP contribution in [0.4, 0.5) is 0 Å². The number of hydrogen-bond donors (Lipinski definition) is 1. The predicted molar refractivity (Wildman–Crippen MR) is 77.7 cm³/mol. The highest BCUT2D eigenvalue weighted by Gasteiger charge is 2.24. The summed E-state index contributed by atoms with van der Waals surface area (Å²) in [5.74, 6) is 1.09. The van der Waals surface area contributed by atoms with Gasteiger partial charge in [-0.1, -0.05) is 18.2 Å². The molecule has 2 aliphatic rings. The average Bonchev–Trinajstić information content (AvgIpc) is 2.80. The molecule has 0 radical (unpaired) electrons. The lowest BCUT2D eigenvalue weighted by atomic mass is 10.1. The molecule has 104 valence electrons. The van der Waals surface area contributed by atoms with Gasteiger partial charge in [0.05, 0.1) is 0 Å².